The molecule has 0 fully saturated rings. The van der Waals surface area contributed by atoms with Crippen molar-refractivity contribution in [1.82, 2.24) is 5.32 Å². The van der Waals surface area contributed by atoms with Gasteiger partial charge < -0.3 is 10.1 Å². The van der Waals surface area contributed by atoms with Gasteiger partial charge in [0.05, 0.1) is 9.39 Å². The molecule has 1 heterocycles. The Morgan fingerprint density at radius 1 is 1.50 bits per heavy atom. The third-order valence-corrected chi connectivity index (χ3v) is 3.66. The molecule has 0 radical (unpaired) electrons. The molecule has 0 aromatic carbocycles. The van der Waals surface area contributed by atoms with E-state index in [-0.39, 0.29) is 5.60 Å². The second kappa shape index (κ2) is 5.26. The van der Waals surface area contributed by atoms with Crippen LogP contribution in [0.5, 0.6) is 0 Å². The summed E-state index contributed by atoms with van der Waals surface area (Å²) < 4.78 is 6.49. The standard InChI is InChI=1S/C10H16BrNOS/c1-10(2,13-3)7-12-6-8-4-5-9(11)14-8/h4-5,12H,6-7H2,1-3H3. The van der Waals surface area contributed by atoms with Crippen LogP contribution in [0.25, 0.3) is 0 Å². The lowest BCUT2D eigenvalue weighted by molar-refractivity contribution is 0.0231. The smallest absolute Gasteiger partial charge is 0.0746 e. The minimum absolute atomic E-state index is 0.0888. The van der Waals surface area contributed by atoms with E-state index in [2.05, 4.69) is 47.2 Å². The molecule has 4 heteroatoms. The molecule has 1 N–H and O–H groups in total. The Bertz CT molecular complexity index is 285. The summed E-state index contributed by atoms with van der Waals surface area (Å²) in [6.07, 6.45) is 0. The molecule has 0 bridgehead atoms. The van der Waals surface area contributed by atoms with E-state index in [0.717, 1.165) is 13.1 Å². The van der Waals surface area contributed by atoms with E-state index in [1.165, 1.54) is 8.66 Å². The van der Waals surface area contributed by atoms with Crippen molar-refractivity contribution in [2.45, 2.75) is 26.0 Å². The van der Waals surface area contributed by atoms with E-state index in [4.69, 9.17) is 4.74 Å². The van der Waals surface area contributed by atoms with E-state index >= 15 is 0 Å². The third-order valence-electron chi connectivity index (χ3n) is 2.03. The Balaban J connectivity index is 2.28. The Labute approximate surface area is 97.8 Å². The summed E-state index contributed by atoms with van der Waals surface area (Å²) in [6, 6.07) is 4.20. The van der Waals surface area contributed by atoms with E-state index in [1.807, 2.05) is 0 Å². The zero-order valence-electron chi connectivity index (χ0n) is 8.76. The molecule has 0 atom stereocenters. The van der Waals surface area contributed by atoms with Gasteiger partial charge in [-0.05, 0) is 41.9 Å². The topological polar surface area (TPSA) is 21.3 Å². The second-order valence-corrected chi connectivity index (χ2v) is 6.32. The molecule has 0 saturated carbocycles. The van der Waals surface area contributed by atoms with Gasteiger partial charge in [-0.2, -0.15) is 0 Å². The monoisotopic (exact) mass is 277 g/mol. The summed E-state index contributed by atoms with van der Waals surface area (Å²) in [5, 5.41) is 3.37. The SMILES string of the molecule is COC(C)(C)CNCc1ccc(Br)s1. The van der Waals surface area contributed by atoms with E-state index < -0.39 is 0 Å². The predicted molar refractivity (Wildman–Crippen MR) is 64.8 cm³/mol. The van der Waals surface area contributed by atoms with Crippen LogP contribution >= 0.6 is 27.3 Å². The van der Waals surface area contributed by atoms with Gasteiger partial charge in [0.2, 0.25) is 0 Å². The average Bonchev–Trinajstić information content (AvgIpc) is 2.51. The summed E-state index contributed by atoms with van der Waals surface area (Å²) in [5.41, 5.74) is -0.0888. The number of hydrogen-bond acceptors (Lipinski definition) is 3. The van der Waals surface area contributed by atoms with Crippen LogP contribution in [-0.2, 0) is 11.3 Å². The van der Waals surface area contributed by atoms with Crippen LogP contribution in [0.2, 0.25) is 0 Å². The van der Waals surface area contributed by atoms with E-state index in [0.29, 0.717) is 0 Å². The van der Waals surface area contributed by atoms with Crippen molar-refractivity contribution in [2.24, 2.45) is 0 Å². The maximum atomic E-state index is 5.31. The molecule has 1 rings (SSSR count). The summed E-state index contributed by atoms with van der Waals surface area (Å²) in [5.74, 6) is 0. The second-order valence-electron chi connectivity index (χ2n) is 3.77. The van der Waals surface area contributed by atoms with Gasteiger partial charge >= 0.3 is 0 Å². The summed E-state index contributed by atoms with van der Waals surface area (Å²) in [7, 11) is 1.74. The third kappa shape index (κ3) is 4.09. The minimum atomic E-state index is -0.0888. The van der Waals surface area contributed by atoms with E-state index in [1.54, 1.807) is 18.4 Å². The highest BCUT2D eigenvalue weighted by molar-refractivity contribution is 9.11. The molecule has 0 aliphatic carbocycles. The summed E-state index contributed by atoms with van der Waals surface area (Å²) in [4.78, 5) is 1.34. The fourth-order valence-electron chi connectivity index (χ4n) is 1.01. The van der Waals surface area contributed by atoms with Crippen LogP contribution in [-0.4, -0.2) is 19.3 Å². The Morgan fingerprint density at radius 3 is 2.71 bits per heavy atom. The fraction of sp³-hybridized carbons (Fsp3) is 0.600. The molecule has 2 nitrogen and oxygen atoms in total. The Kier molecular flexibility index (Phi) is 4.57. The first-order valence-corrected chi connectivity index (χ1v) is 6.14. The summed E-state index contributed by atoms with van der Waals surface area (Å²) >= 11 is 5.20. The average molecular weight is 278 g/mol. The fourth-order valence-corrected chi connectivity index (χ4v) is 2.46. The Morgan fingerprint density at radius 2 is 2.21 bits per heavy atom. The first kappa shape index (κ1) is 12.2. The Hall–Kier alpha value is 0.1000. The van der Waals surface area contributed by atoms with Gasteiger partial charge in [0.15, 0.2) is 0 Å². The first-order chi connectivity index (χ1) is 6.53. The molecule has 0 amide bonds. The van der Waals surface area contributed by atoms with Crippen LogP contribution in [0.15, 0.2) is 15.9 Å². The van der Waals surface area contributed by atoms with Gasteiger partial charge in [-0.3, -0.25) is 0 Å². The molecule has 0 spiro atoms. The van der Waals surface area contributed by atoms with Crippen molar-refractivity contribution in [3.05, 3.63) is 20.8 Å². The number of ether oxygens (including phenoxy) is 1. The van der Waals surface area contributed by atoms with Gasteiger partial charge in [0, 0.05) is 25.1 Å². The molecule has 1 aromatic rings. The predicted octanol–water partition coefficient (Wildman–Crippen LogP) is 3.03. The van der Waals surface area contributed by atoms with Crippen LogP contribution in [0.1, 0.15) is 18.7 Å². The quantitative estimate of drug-likeness (QED) is 0.894. The van der Waals surface area contributed by atoms with Gasteiger partial charge in [-0.15, -0.1) is 11.3 Å². The van der Waals surface area contributed by atoms with E-state index in [9.17, 15) is 0 Å². The van der Waals surface area contributed by atoms with Gasteiger partial charge in [-0.1, -0.05) is 0 Å². The molecule has 80 valence electrons. The molecule has 0 saturated heterocycles. The number of nitrogens with one attached hydrogen (secondary N) is 1. The maximum absolute atomic E-state index is 5.31. The molecule has 0 aliphatic rings. The van der Waals surface area contributed by atoms with Crippen molar-refractivity contribution in [3.8, 4) is 0 Å². The highest BCUT2D eigenvalue weighted by atomic mass is 79.9. The highest BCUT2D eigenvalue weighted by Crippen LogP contribution is 2.21. The molecule has 0 aliphatic heterocycles. The normalized spacial score (nSPS) is 12.0. The van der Waals surface area contributed by atoms with Crippen molar-refractivity contribution in [1.29, 1.82) is 0 Å². The van der Waals surface area contributed by atoms with Crippen molar-refractivity contribution >= 4 is 27.3 Å². The highest BCUT2D eigenvalue weighted by Gasteiger charge is 2.15. The zero-order chi connectivity index (χ0) is 10.6. The number of rotatable bonds is 5. The lowest BCUT2D eigenvalue weighted by atomic mass is 10.1. The molecule has 1 aromatic heterocycles. The first-order valence-electron chi connectivity index (χ1n) is 4.53. The van der Waals surface area contributed by atoms with Crippen molar-refractivity contribution < 1.29 is 4.74 Å². The van der Waals surface area contributed by atoms with Crippen molar-refractivity contribution in [2.75, 3.05) is 13.7 Å². The molecular weight excluding hydrogens is 262 g/mol. The number of halogens is 1. The maximum Gasteiger partial charge on any atom is 0.0746 e. The largest absolute Gasteiger partial charge is 0.377 e. The van der Waals surface area contributed by atoms with Crippen LogP contribution in [0, 0.1) is 0 Å². The van der Waals surface area contributed by atoms with Crippen LogP contribution in [0.3, 0.4) is 0 Å². The van der Waals surface area contributed by atoms with Gasteiger partial charge in [-0.25, -0.2) is 0 Å². The lowest BCUT2D eigenvalue weighted by Crippen LogP contribution is -2.36. The van der Waals surface area contributed by atoms with Crippen molar-refractivity contribution in [3.63, 3.8) is 0 Å². The van der Waals surface area contributed by atoms with Gasteiger partial charge in [0.25, 0.3) is 0 Å². The number of methoxy groups -OCH3 is 1. The van der Waals surface area contributed by atoms with Gasteiger partial charge in [0.1, 0.15) is 0 Å². The van der Waals surface area contributed by atoms with Crippen LogP contribution in [0.4, 0.5) is 0 Å². The summed E-state index contributed by atoms with van der Waals surface area (Å²) in [6.45, 7) is 5.91. The molecular formula is C10H16BrNOS. The van der Waals surface area contributed by atoms with Crippen LogP contribution < -0.4 is 5.32 Å². The minimum Gasteiger partial charge on any atom is -0.377 e. The number of hydrogen-bond donors (Lipinski definition) is 1. The number of thiophene rings is 1. The molecule has 14 heavy (non-hydrogen) atoms. The molecule has 0 unspecified atom stereocenters. The lowest BCUT2D eigenvalue weighted by Gasteiger charge is -2.22. The zero-order valence-corrected chi connectivity index (χ0v) is 11.2.